The van der Waals surface area contributed by atoms with Crippen molar-refractivity contribution in [2.45, 2.75) is 38.5 Å². The van der Waals surface area contributed by atoms with Crippen LogP contribution in [0.2, 0.25) is 0 Å². The van der Waals surface area contributed by atoms with Crippen LogP contribution in [-0.2, 0) is 6.54 Å². The Labute approximate surface area is 184 Å². The van der Waals surface area contributed by atoms with Gasteiger partial charge in [-0.15, -0.1) is 24.0 Å². The van der Waals surface area contributed by atoms with E-state index in [0.717, 1.165) is 32.1 Å². The molecule has 0 saturated carbocycles. The summed E-state index contributed by atoms with van der Waals surface area (Å²) in [7, 11) is 0. The average molecular weight is 498 g/mol. The largest absolute Gasteiger partial charge is 0.467 e. The topological polar surface area (TPSA) is 73.0 Å². The molecule has 6 nitrogen and oxygen atoms in total. The Morgan fingerprint density at radius 1 is 1.25 bits per heavy atom. The van der Waals surface area contributed by atoms with E-state index < -0.39 is 6.10 Å². The Morgan fingerprint density at radius 3 is 2.79 bits per heavy atom. The smallest absolute Gasteiger partial charge is 0.191 e. The highest BCUT2D eigenvalue weighted by Crippen LogP contribution is 2.19. The zero-order valence-corrected chi connectivity index (χ0v) is 18.7. The number of hydrogen-bond donors (Lipinski definition) is 3. The summed E-state index contributed by atoms with van der Waals surface area (Å²) in [5.41, 5.74) is 1.35. The maximum atomic E-state index is 10.1. The number of guanidine groups is 1. The second-order valence-corrected chi connectivity index (χ2v) is 6.88. The normalized spacial score (nSPS) is 18.5. The molecule has 1 aromatic heterocycles. The zero-order valence-electron chi connectivity index (χ0n) is 16.4. The molecule has 2 heterocycles. The number of halogens is 1. The van der Waals surface area contributed by atoms with E-state index in [4.69, 9.17) is 4.42 Å². The van der Waals surface area contributed by atoms with Gasteiger partial charge < -0.3 is 20.2 Å². The van der Waals surface area contributed by atoms with Gasteiger partial charge in [0.25, 0.3) is 0 Å². The number of aliphatic hydroxyl groups excluding tert-OH is 1. The molecular formula is C21H31IN4O2. The molecule has 2 atom stereocenters. The van der Waals surface area contributed by atoms with E-state index in [2.05, 4.69) is 50.9 Å². The van der Waals surface area contributed by atoms with Gasteiger partial charge in [-0.05, 0) is 44.0 Å². The summed E-state index contributed by atoms with van der Waals surface area (Å²) in [4.78, 5) is 7.04. The molecule has 1 aromatic carbocycles. The van der Waals surface area contributed by atoms with Gasteiger partial charge in [0, 0.05) is 25.7 Å². The van der Waals surface area contributed by atoms with E-state index in [1.807, 2.05) is 6.92 Å². The van der Waals surface area contributed by atoms with Gasteiger partial charge in [0.15, 0.2) is 5.96 Å². The summed E-state index contributed by atoms with van der Waals surface area (Å²) in [5, 5.41) is 16.8. The van der Waals surface area contributed by atoms with Gasteiger partial charge in [-0.25, -0.2) is 0 Å². The fraction of sp³-hybridized carbons (Fsp3) is 0.476. The van der Waals surface area contributed by atoms with E-state index in [-0.39, 0.29) is 30.5 Å². The van der Waals surface area contributed by atoms with Crippen molar-refractivity contribution in [3.63, 3.8) is 0 Å². The highest BCUT2D eigenvalue weighted by atomic mass is 127. The molecule has 1 fully saturated rings. The fourth-order valence-corrected chi connectivity index (χ4v) is 3.46. The van der Waals surface area contributed by atoms with E-state index in [9.17, 15) is 5.11 Å². The first kappa shape index (κ1) is 22.7. The lowest BCUT2D eigenvalue weighted by atomic mass is 10.2. The lowest BCUT2D eigenvalue weighted by Crippen LogP contribution is -2.44. The van der Waals surface area contributed by atoms with Crippen molar-refractivity contribution in [1.29, 1.82) is 0 Å². The van der Waals surface area contributed by atoms with Crippen LogP contribution in [0.5, 0.6) is 0 Å². The molecule has 0 radical (unpaired) electrons. The van der Waals surface area contributed by atoms with Crippen molar-refractivity contribution in [2.75, 3.05) is 26.2 Å². The Kier molecular flexibility index (Phi) is 9.80. The molecule has 0 amide bonds. The average Bonchev–Trinajstić information content (AvgIpc) is 3.37. The standard InChI is InChI=1S/C21H30N4O2.HI/c1-2-22-21(24-15-19(26)20-11-7-13-27-20)23-14-18-10-6-12-25(18)16-17-8-4-3-5-9-17;/h3-5,7-9,11,13,18-19,26H,2,6,10,12,14-16H2,1H3,(H2,22,23,24);1H. The highest BCUT2D eigenvalue weighted by molar-refractivity contribution is 14.0. The molecule has 154 valence electrons. The van der Waals surface area contributed by atoms with Crippen LogP contribution < -0.4 is 10.6 Å². The van der Waals surface area contributed by atoms with Crippen LogP contribution in [0.25, 0.3) is 0 Å². The van der Waals surface area contributed by atoms with Crippen LogP contribution in [-0.4, -0.2) is 48.2 Å². The van der Waals surface area contributed by atoms with Crippen LogP contribution in [0.4, 0.5) is 0 Å². The van der Waals surface area contributed by atoms with Crippen molar-refractivity contribution >= 4 is 29.9 Å². The quantitative estimate of drug-likeness (QED) is 0.296. The van der Waals surface area contributed by atoms with Crippen LogP contribution in [0, 0.1) is 0 Å². The zero-order chi connectivity index (χ0) is 18.9. The number of nitrogens with one attached hydrogen (secondary N) is 2. The number of aliphatic hydroxyl groups is 1. The summed E-state index contributed by atoms with van der Waals surface area (Å²) in [6, 6.07) is 14.6. The lowest BCUT2D eigenvalue weighted by Gasteiger charge is -2.25. The third-order valence-electron chi connectivity index (χ3n) is 4.87. The van der Waals surface area contributed by atoms with E-state index in [0.29, 0.717) is 11.8 Å². The maximum absolute atomic E-state index is 10.1. The molecule has 2 unspecified atom stereocenters. The number of aliphatic imine (C=N–C) groups is 1. The number of furan rings is 1. The van der Waals surface area contributed by atoms with Gasteiger partial charge in [-0.1, -0.05) is 30.3 Å². The van der Waals surface area contributed by atoms with Crippen molar-refractivity contribution in [1.82, 2.24) is 15.5 Å². The monoisotopic (exact) mass is 498 g/mol. The minimum Gasteiger partial charge on any atom is -0.467 e. The fourth-order valence-electron chi connectivity index (χ4n) is 3.46. The van der Waals surface area contributed by atoms with Crippen molar-refractivity contribution in [3.05, 3.63) is 60.1 Å². The molecule has 0 bridgehead atoms. The summed E-state index contributed by atoms with van der Waals surface area (Å²) < 4.78 is 5.23. The number of nitrogens with zero attached hydrogens (tertiary/aromatic N) is 2. The van der Waals surface area contributed by atoms with Gasteiger partial charge in [0.1, 0.15) is 11.9 Å². The summed E-state index contributed by atoms with van der Waals surface area (Å²) in [5.74, 6) is 1.27. The predicted octanol–water partition coefficient (Wildman–Crippen LogP) is 3.15. The van der Waals surface area contributed by atoms with Crippen LogP contribution >= 0.6 is 24.0 Å². The van der Waals surface area contributed by atoms with Crippen LogP contribution in [0.3, 0.4) is 0 Å². The van der Waals surface area contributed by atoms with Crippen LogP contribution in [0.1, 0.15) is 37.2 Å². The van der Waals surface area contributed by atoms with Gasteiger partial charge >= 0.3 is 0 Å². The van der Waals surface area contributed by atoms with Crippen molar-refractivity contribution in [2.24, 2.45) is 4.99 Å². The lowest BCUT2D eigenvalue weighted by molar-refractivity contribution is 0.158. The molecular weight excluding hydrogens is 467 g/mol. The van der Waals surface area contributed by atoms with Crippen molar-refractivity contribution < 1.29 is 9.52 Å². The first-order valence-corrected chi connectivity index (χ1v) is 9.78. The molecule has 2 aromatic rings. The van der Waals surface area contributed by atoms with E-state index in [1.165, 1.54) is 18.4 Å². The number of rotatable bonds is 8. The first-order valence-electron chi connectivity index (χ1n) is 9.78. The Balaban J connectivity index is 0.00000280. The highest BCUT2D eigenvalue weighted by Gasteiger charge is 2.24. The van der Waals surface area contributed by atoms with Crippen molar-refractivity contribution in [3.8, 4) is 0 Å². The van der Waals surface area contributed by atoms with E-state index >= 15 is 0 Å². The molecule has 1 aliphatic heterocycles. The van der Waals surface area contributed by atoms with Gasteiger partial charge in [0.05, 0.1) is 12.8 Å². The summed E-state index contributed by atoms with van der Waals surface area (Å²) >= 11 is 0. The number of benzene rings is 1. The molecule has 1 saturated heterocycles. The Bertz CT molecular complexity index is 694. The number of likely N-dealkylation sites (tertiary alicyclic amines) is 1. The minimum absolute atomic E-state index is 0. The first-order chi connectivity index (χ1) is 13.3. The second kappa shape index (κ2) is 12.1. The van der Waals surface area contributed by atoms with Gasteiger partial charge in [0.2, 0.25) is 0 Å². The third kappa shape index (κ3) is 6.79. The summed E-state index contributed by atoms with van der Waals surface area (Å²) in [6.45, 7) is 6.04. The Hall–Kier alpha value is -1.58. The summed E-state index contributed by atoms with van der Waals surface area (Å²) in [6.07, 6.45) is 3.25. The van der Waals surface area contributed by atoms with Gasteiger partial charge in [-0.2, -0.15) is 0 Å². The third-order valence-corrected chi connectivity index (χ3v) is 4.87. The molecule has 1 aliphatic rings. The molecule has 28 heavy (non-hydrogen) atoms. The molecule has 3 rings (SSSR count). The van der Waals surface area contributed by atoms with Gasteiger partial charge in [-0.3, -0.25) is 9.89 Å². The molecule has 7 heteroatoms. The molecule has 3 N–H and O–H groups in total. The van der Waals surface area contributed by atoms with E-state index in [1.54, 1.807) is 18.4 Å². The SMILES string of the molecule is CCNC(=NCC(O)c1ccco1)NCC1CCCN1Cc1ccccc1.I. The molecule has 0 spiro atoms. The minimum atomic E-state index is -0.725. The maximum Gasteiger partial charge on any atom is 0.191 e. The number of hydrogen-bond acceptors (Lipinski definition) is 4. The molecule has 0 aliphatic carbocycles. The Morgan fingerprint density at radius 2 is 2.07 bits per heavy atom. The predicted molar refractivity (Wildman–Crippen MR) is 123 cm³/mol. The second-order valence-electron chi connectivity index (χ2n) is 6.88. The van der Waals surface area contributed by atoms with Crippen LogP contribution in [0.15, 0.2) is 58.1 Å².